The standard InChI is InChI=1S/C19H23N3O/c23-16-15-21-11-13-22(14-12-21)19-5-3-17(4-6-19)1-2-18-7-9-20-10-8-18/h1-10,23H,11-16H2/b2-1+. The van der Waals surface area contributed by atoms with Gasteiger partial charge in [0.2, 0.25) is 0 Å². The van der Waals surface area contributed by atoms with Crippen molar-refractivity contribution >= 4 is 17.8 Å². The summed E-state index contributed by atoms with van der Waals surface area (Å²) < 4.78 is 0. The van der Waals surface area contributed by atoms with Gasteiger partial charge in [-0.15, -0.1) is 0 Å². The number of nitrogens with zero attached hydrogens (tertiary/aromatic N) is 3. The van der Waals surface area contributed by atoms with E-state index in [-0.39, 0.29) is 6.61 Å². The van der Waals surface area contributed by atoms with Gasteiger partial charge in [-0.2, -0.15) is 0 Å². The molecule has 0 aliphatic carbocycles. The summed E-state index contributed by atoms with van der Waals surface area (Å²) in [6, 6.07) is 12.7. The lowest BCUT2D eigenvalue weighted by atomic mass is 10.1. The summed E-state index contributed by atoms with van der Waals surface area (Å²) in [7, 11) is 0. The van der Waals surface area contributed by atoms with Crippen LogP contribution in [0.2, 0.25) is 0 Å². The minimum Gasteiger partial charge on any atom is -0.395 e. The maximum Gasteiger partial charge on any atom is 0.0558 e. The average Bonchev–Trinajstić information content (AvgIpc) is 2.62. The molecule has 0 saturated carbocycles. The Balaban J connectivity index is 1.58. The number of pyridine rings is 1. The molecule has 0 atom stereocenters. The Labute approximate surface area is 137 Å². The quantitative estimate of drug-likeness (QED) is 0.920. The van der Waals surface area contributed by atoms with Gasteiger partial charge < -0.3 is 10.0 Å². The first-order chi connectivity index (χ1) is 11.3. The fourth-order valence-electron chi connectivity index (χ4n) is 2.83. The molecular weight excluding hydrogens is 286 g/mol. The van der Waals surface area contributed by atoms with E-state index >= 15 is 0 Å². The normalized spacial score (nSPS) is 16.1. The van der Waals surface area contributed by atoms with E-state index in [4.69, 9.17) is 5.11 Å². The van der Waals surface area contributed by atoms with Gasteiger partial charge in [-0.1, -0.05) is 24.3 Å². The van der Waals surface area contributed by atoms with Gasteiger partial charge in [0.1, 0.15) is 0 Å². The number of aromatic nitrogens is 1. The van der Waals surface area contributed by atoms with E-state index < -0.39 is 0 Å². The average molecular weight is 309 g/mol. The molecule has 2 aromatic rings. The Morgan fingerprint density at radius 3 is 2.09 bits per heavy atom. The van der Waals surface area contributed by atoms with Crippen LogP contribution in [-0.4, -0.2) is 54.3 Å². The second-order valence-corrected chi connectivity index (χ2v) is 5.76. The fraction of sp³-hybridized carbons (Fsp3) is 0.316. The van der Waals surface area contributed by atoms with Crippen molar-refractivity contribution in [3.63, 3.8) is 0 Å². The SMILES string of the molecule is OCCN1CCN(c2ccc(/C=C/c3ccncc3)cc2)CC1. The maximum absolute atomic E-state index is 9.00. The van der Waals surface area contributed by atoms with E-state index in [0.717, 1.165) is 38.3 Å². The predicted octanol–water partition coefficient (Wildman–Crippen LogP) is 2.37. The number of aliphatic hydroxyl groups is 1. The highest BCUT2D eigenvalue weighted by Gasteiger charge is 2.16. The molecule has 1 N–H and O–H groups in total. The second kappa shape index (κ2) is 7.90. The lowest BCUT2D eigenvalue weighted by molar-refractivity contribution is 0.189. The first-order valence-corrected chi connectivity index (χ1v) is 8.11. The monoisotopic (exact) mass is 309 g/mol. The van der Waals surface area contributed by atoms with Crippen LogP contribution in [0.15, 0.2) is 48.8 Å². The van der Waals surface area contributed by atoms with Gasteiger partial charge >= 0.3 is 0 Å². The summed E-state index contributed by atoms with van der Waals surface area (Å²) in [5.41, 5.74) is 3.63. The molecule has 0 bridgehead atoms. The van der Waals surface area contributed by atoms with Crippen molar-refractivity contribution in [1.82, 2.24) is 9.88 Å². The van der Waals surface area contributed by atoms with E-state index in [1.807, 2.05) is 12.1 Å². The number of anilines is 1. The van der Waals surface area contributed by atoms with Crippen LogP contribution in [0.5, 0.6) is 0 Å². The van der Waals surface area contributed by atoms with Crippen LogP contribution in [0.1, 0.15) is 11.1 Å². The summed E-state index contributed by atoms with van der Waals surface area (Å²) in [6.45, 7) is 5.11. The third-order valence-electron chi connectivity index (χ3n) is 4.22. The van der Waals surface area contributed by atoms with E-state index in [0.29, 0.717) is 0 Å². The highest BCUT2D eigenvalue weighted by Crippen LogP contribution is 2.18. The topological polar surface area (TPSA) is 39.6 Å². The molecule has 0 unspecified atom stereocenters. The van der Waals surface area contributed by atoms with Gasteiger partial charge in [0, 0.05) is 50.8 Å². The molecule has 4 heteroatoms. The predicted molar refractivity (Wildman–Crippen MR) is 95.3 cm³/mol. The molecule has 1 aliphatic heterocycles. The molecule has 0 spiro atoms. The van der Waals surface area contributed by atoms with Gasteiger partial charge in [-0.3, -0.25) is 9.88 Å². The van der Waals surface area contributed by atoms with Crippen molar-refractivity contribution in [2.75, 3.05) is 44.2 Å². The maximum atomic E-state index is 9.00. The van der Waals surface area contributed by atoms with Crippen molar-refractivity contribution in [1.29, 1.82) is 0 Å². The number of hydrogen-bond donors (Lipinski definition) is 1. The summed E-state index contributed by atoms with van der Waals surface area (Å²) >= 11 is 0. The van der Waals surface area contributed by atoms with Crippen molar-refractivity contribution in [2.45, 2.75) is 0 Å². The lowest BCUT2D eigenvalue weighted by Crippen LogP contribution is -2.47. The molecule has 1 saturated heterocycles. The van der Waals surface area contributed by atoms with Crippen LogP contribution in [0.3, 0.4) is 0 Å². The smallest absolute Gasteiger partial charge is 0.0558 e. The first-order valence-electron chi connectivity index (χ1n) is 8.11. The van der Waals surface area contributed by atoms with Crippen LogP contribution < -0.4 is 4.90 Å². The number of piperazine rings is 1. The van der Waals surface area contributed by atoms with Crippen molar-refractivity contribution in [2.24, 2.45) is 0 Å². The van der Waals surface area contributed by atoms with E-state index in [2.05, 4.69) is 51.2 Å². The van der Waals surface area contributed by atoms with Crippen molar-refractivity contribution < 1.29 is 5.11 Å². The summed E-state index contributed by atoms with van der Waals surface area (Å²) in [6.07, 6.45) is 7.83. The van der Waals surface area contributed by atoms with E-state index in [9.17, 15) is 0 Å². The van der Waals surface area contributed by atoms with Crippen molar-refractivity contribution in [3.8, 4) is 0 Å². The van der Waals surface area contributed by atoms with Crippen LogP contribution in [0.25, 0.3) is 12.2 Å². The highest BCUT2D eigenvalue weighted by atomic mass is 16.3. The first kappa shape index (κ1) is 15.7. The second-order valence-electron chi connectivity index (χ2n) is 5.76. The number of hydrogen-bond acceptors (Lipinski definition) is 4. The zero-order valence-corrected chi connectivity index (χ0v) is 13.3. The molecule has 2 heterocycles. The molecule has 1 fully saturated rings. The Bertz CT molecular complexity index is 617. The third-order valence-corrected chi connectivity index (χ3v) is 4.22. The fourth-order valence-corrected chi connectivity index (χ4v) is 2.83. The Kier molecular flexibility index (Phi) is 5.40. The van der Waals surface area contributed by atoms with Gasteiger partial charge in [0.15, 0.2) is 0 Å². The number of rotatable bonds is 5. The molecular formula is C19H23N3O. The van der Waals surface area contributed by atoms with Gasteiger partial charge in [-0.05, 0) is 35.4 Å². The molecule has 1 aromatic heterocycles. The number of β-amino-alcohol motifs (C(OH)–C–C–N with tert-alkyl or cyclic N) is 1. The lowest BCUT2D eigenvalue weighted by Gasteiger charge is -2.35. The molecule has 0 radical (unpaired) electrons. The van der Waals surface area contributed by atoms with Gasteiger partial charge in [0.05, 0.1) is 6.61 Å². The Hall–Kier alpha value is -2.17. The zero-order valence-electron chi connectivity index (χ0n) is 13.3. The van der Waals surface area contributed by atoms with Crippen LogP contribution in [0.4, 0.5) is 5.69 Å². The Morgan fingerprint density at radius 2 is 1.48 bits per heavy atom. The molecule has 1 aliphatic rings. The van der Waals surface area contributed by atoms with Gasteiger partial charge in [0.25, 0.3) is 0 Å². The molecule has 23 heavy (non-hydrogen) atoms. The summed E-state index contributed by atoms with van der Waals surface area (Å²) in [4.78, 5) is 8.74. The minimum absolute atomic E-state index is 0.249. The molecule has 120 valence electrons. The molecule has 3 rings (SSSR count). The molecule has 0 amide bonds. The van der Waals surface area contributed by atoms with Crippen LogP contribution >= 0.6 is 0 Å². The number of aliphatic hydroxyl groups excluding tert-OH is 1. The zero-order chi connectivity index (χ0) is 15.9. The van der Waals surface area contributed by atoms with E-state index in [1.54, 1.807) is 12.4 Å². The molecule has 1 aromatic carbocycles. The number of benzene rings is 1. The van der Waals surface area contributed by atoms with Crippen LogP contribution in [0, 0.1) is 0 Å². The molecule has 4 nitrogen and oxygen atoms in total. The third kappa shape index (κ3) is 4.41. The van der Waals surface area contributed by atoms with Gasteiger partial charge in [-0.25, -0.2) is 0 Å². The highest BCUT2D eigenvalue weighted by molar-refractivity contribution is 5.70. The Morgan fingerprint density at radius 1 is 0.870 bits per heavy atom. The summed E-state index contributed by atoms with van der Waals surface area (Å²) in [5.74, 6) is 0. The summed E-state index contributed by atoms with van der Waals surface area (Å²) in [5, 5.41) is 9.00. The van der Waals surface area contributed by atoms with E-state index in [1.165, 1.54) is 11.3 Å². The van der Waals surface area contributed by atoms with Crippen molar-refractivity contribution in [3.05, 3.63) is 59.9 Å². The largest absolute Gasteiger partial charge is 0.395 e. The van der Waals surface area contributed by atoms with Crippen LogP contribution in [-0.2, 0) is 0 Å². The minimum atomic E-state index is 0.249.